The maximum atomic E-state index is 10.1. The summed E-state index contributed by atoms with van der Waals surface area (Å²) in [4.78, 5) is 2.45. The van der Waals surface area contributed by atoms with Gasteiger partial charge < -0.3 is 5.11 Å². The van der Waals surface area contributed by atoms with Crippen LogP contribution in [0.15, 0.2) is 42.5 Å². The van der Waals surface area contributed by atoms with Gasteiger partial charge in [0, 0.05) is 42.2 Å². The summed E-state index contributed by atoms with van der Waals surface area (Å²) in [5.74, 6) is 1.41. The highest BCUT2D eigenvalue weighted by Crippen LogP contribution is 2.33. The summed E-state index contributed by atoms with van der Waals surface area (Å²) in [5, 5.41) is 10.8. The van der Waals surface area contributed by atoms with Crippen LogP contribution in [0.4, 0.5) is 0 Å². The number of nitrogens with one attached hydrogen (secondary N) is 2. The second-order valence-electron chi connectivity index (χ2n) is 7.98. The summed E-state index contributed by atoms with van der Waals surface area (Å²) in [6.45, 7) is 5.96. The number of aryl methyl sites for hydroxylation is 1. The van der Waals surface area contributed by atoms with E-state index in [9.17, 15) is 5.11 Å². The topological polar surface area (TPSA) is 47.5 Å². The Kier molecular flexibility index (Phi) is 5.69. The van der Waals surface area contributed by atoms with Crippen LogP contribution in [0.2, 0.25) is 5.02 Å². The normalized spacial score (nSPS) is 26.4. The third-order valence-electron chi connectivity index (χ3n) is 6.02. The van der Waals surface area contributed by atoms with Crippen LogP contribution < -0.4 is 10.9 Å². The van der Waals surface area contributed by atoms with Gasteiger partial charge in [-0.05, 0) is 56.0 Å². The first-order chi connectivity index (χ1) is 13.1. The van der Waals surface area contributed by atoms with E-state index in [1.165, 1.54) is 24.0 Å². The lowest BCUT2D eigenvalue weighted by molar-refractivity contribution is 0.138. The smallest absolute Gasteiger partial charge is 0.120 e. The predicted octanol–water partition coefficient (Wildman–Crippen LogP) is 3.83. The molecule has 0 bridgehead atoms. The summed E-state index contributed by atoms with van der Waals surface area (Å²) in [5.41, 5.74) is 10.6. The van der Waals surface area contributed by atoms with Crippen LogP contribution in [0.3, 0.4) is 0 Å². The number of hydrogen-bond acceptors (Lipinski definition) is 4. The maximum absolute atomic E-state index is 10.1. The number of hydrazine groups is 1. The number of aromatic hydroxyl groups is 1. The Morgan fingerprint density at radius 2 is 2.00 bits per heavy atom. The maximum Gasteiger partial charge on any atom is 0.120 e. The van der Waals surface area contributed by atoms with Crippen molar-refractivity contribution in [1.82, 2.24) is 15.8 Å². The molecule has 144 valence electrons. The molecule has 0 saturated carbocycles. The van der Waals surface area contributed by atoms with Crippen LogP contribution >= 0.6 is 11.6 Å². The highest BCUT2D eigenvalue weighted by Gasteiger charge is 2.36. The number of benzene rings is 2. The molecule has 0 amide bonds. The fourth-order valence-electron chi connectivity index (χ4n) is 4.55. The number of piperidine rings is 1. The molecule has 2 aliphatic heterocycles. The van der Waals surface area contributed by atoms with Crippen LogP contribution in [0.25, 0.3) is 0 Å². The van der Waals surface area contributed by atoms with Gasteiger partial charge in [0.25, 0.3) is 0 Å². The van der Waals surface area contributed by atoms with Crippen molar-refractivity contribution in [2.24, 2.45) is 5.92 Å². The summed E-state index contributed by atoms with van der Waals surface area (Å²) in [6.07, 6.45) is 2.42. The van der Waals surface area contributed by atoms with E-state index in [0.717, 1.165) is 31.7 Å². The predicted molar refractivity (Wildman–Crippen MR) is 110 cm³/mol. The number of phenolic OH excluding ortho intramolecular Hbond substituents is 1. The van der Waals surface area contributed by atoms with Gasteiger partial charge in [-0.3, -0.25) is 15.8 Å². The summed E-state index contributed by atoms with van der Waals surface area (Å²) >= 11 is 6.12. The number of halogens is 1. The monoisotopic (exact) mass is 385 g/mol. The molecular formula is C22H28ClN3O. The fourth-order valence-corrected chi connectivity index (χ4v) is 4.74. The van der Waals surface area contributed by atoms with Gasteiger partial charge in [-0.15, -0.1) is 0 Å². The largest absolute Gasteiger partial charge is 0.508 e. The second-order valence-corrected chi connectivity index (χ2v) is 8.42. The Balaban J connectivity index is 1.45. The number of phenols is 1. The fraction of sp³-hybridized carbons (Fsp3) is 0.455. The van der Waals surface area contributed by atoms with Crippen molar-refractivity contribution < 1.29 is 5.11 Å². The number of likely N-dealkylation sites (tertiary alicyclic amines) is 1. The van der Waals surface area contributed by atoms with Crippen molar-refractivity contribution in [3.8, 4) is 5.75 Å². The van der Waals surface area contributed by atoms with Gasteiger partial charge in [-0.25, -0.2) is 0 Å². The molecule has 2 heterocycles. The van der Waals surface area contributed by atoms with E-state index in [0.29, 0.717) is 28.6 Å². The molecule has 27 heavy (non-hydrogen) atoms. The minimum absolute atomic E-state index is 0.333. The molecule has 2 saturated heterocycles. The van der Waals surface area contributed by atoms with Crippen LogP contribution in [0.1, 0.15) is 35.4 Å². The van der Waals surface area contributed by atoms with Gasteiger partial charge in [0.05, 0.1) is 0 Å². The Morgan fingerprint density at radius 1 is 1.19 bits per heavy atom. The summed E-state index contributed by atoms with van der Waals surface area (Å²) in [7, 11) is 0. The SMILES string of the molecule is Cc1ccc(C2CNNC2C2CCCN(Cc3cc(Cl)ccc3O)C2)cc1. The van der Waals surface area contributed by atoms with Crippen LogP contribution in [0.5, 0.6) is 5.75 Å². The van der Waals surface area contributed by atoms with Gasteiger partial charge in [-0.1, -0.05) is 41.4 Å². The zero-order valence-electron chi connectivity index (χ0n) is 15.8. The lowest BCUT2D eigenvalue weighted by atomic mass is 9.81. The average Bonchev–Trinajstić information content (AvgIpc) is 3.15. The van der Waals surface area contributed by atoms with Crippen molar-refractivity contribution >= 4 is 11.6 Å². The molecule has 4 nitrogen and oxygen atoms in total. The van der Waals surface area contributed by atoms with Crippen molar-refractivity contribution in [1.29, 1.82) is 0 Å². The highest BCUT2D eigenvalue weighted by atomic mass is 35.5. The van der Waals surface area contributed by atoms with Crippen LogP contribution in [-0.4, -0.2) is 35.7 Å². The lowest BCUT2D eigenvalue weighted by Crippen LogP contribution is -2.46. The van der Waals surface area contributed by atoms with E-state index in [1.807, 2.05) is 6.07 Å². The third kappa shape index (κ3) is 4.30. The Morgan fingerprint density at radius 3 is 2.81 bits per heavy atom. The van der Waals surface area contributed by atoms with E-state index in [1.54, 1.807) is 12.1 Å². The van der Waals surface area contributed by atoms with Crippen molar-refractivity contribution in [2.45, 2.75) is 38.3 Å². The molecule has 2 aromatic carbocycles. The average molecular weight is 386 g/mol. The first-order valence-corrected chi connectivity index (χ1v) is 10.2. The van der Waals surface area contributed by atoms with Gasteiger partial charge in [-0.2, -0.15) is 0 Å². The number of hydrogen-bond donors (Lipinski definition) is 3. The van der Waals surface area contributed by atoms with E-state index in [4.69, 9.17) is 11.6 Å². The Labute approximate surface area is 166 Å². The molecule has 2 aliphatic rings. The minimum atomic E-state index is 0.333. The zero-order valence-corrected chi connectivity index (χ0v) is 16.5. The molecule has 3 unspecified atom stereocenters. The lowest BCUT2D eigenvalue weighted by Gasteiger charge is -2.37. The van der Waals surface area contributed by atoms with E-state index in [2.05, 4.69) is 46.9 Å². The number of rotatable bonds is 4. The minimum Gasteiger partial charge on any atom is -0.508 e. The standard InChI is InChI=1S/C22H28ClN3O/c1-15-4-6-16(7-5-15)20-12-24-25-22(20)17-3-2-10-26(13-17)14-18-11-19(23)8-9-21(18)27/h4-9,11,17,20,22,24-25,27H,2-3,10,12-14H2,1H3. The molecule has 5 heteroatoms. The van der Waals surface area contributed by atoms with E-state index >= 15 is 0 Å². The molecule has 2 aromatic rings. The van der Waals surface area contributed by atoms with Gasteiger partial charge in [0.1, 0.15) is 5.75 Å². The van der Waals surface area contributed by atoms with Crippen molar-refractivity contribution in [2.75, 3.05) is 19.6 Å². The second kappa shape index (κ2) is 8.19. The van der Waals surface area contributed by atoms with E-state index in [-0.39, 0.29) is 0 Å². The molecule has 3 N–H and O–H groups in total. The first kappa shape index (κ1) is 18.8. The Bertz CT molecular complexity index is 780. The van der Waals surface area contributed by atoms with Gasteiger partial charge >= 0.3 is 0 Å². The molecule has 3 atom stereocenters. The molecule has 0 aliphatic carbocycles. The van der Waals surface area contributed by atoms with Crippen molar-refractivity contribution in [3.63, 3.8) is 0 Å². The molecule has 4 rings (SSSR count). The highest BCUT2D eigenvalue weighted by molar-refractivity contribution is 6.30. The van der Waals surface area contributed by atoms with Crippen LogP contribution in [-0.2, 0) is 6.54 Å². The van der Waals surface area contributed by atoms with Crippen molar-refractivity contribution in [3.05, 3.63) is 64.2 Å². The molecular weight excluding hydrogens is 358 g/mol. The van der Waals surface area contributed by atoms with Gasteiger partial charge in [0.15, 0.2) is 0 Å². The summed E-state index contributed by atoms with van der Waals surface area (Å²) in [6, 6.07) is 14.7. The molecule has 2 fully saturated rings. The molecule has 0 spiro atoms. The molecule has 0 aromatic heterocycles. The van der Waals surface area contributed by atoms with E-state index < -0.39 is 0 Å². The quantitative estimate of drug-likeness (QED) is 0.748. The zero-order chi connectivity index (χ0) is 18.8. The van der Waals surface area contributed by atoms with Gasteiger partial charge in [0.2, 0.25) is 0 Å². The number of nitrogens with zero attached hydrogens (tertiary/aromatic N) is 1. The molecule has 0 radical (unpaired) electrons. The summed E-state index contributed by atoms with van der Waals surface area (Å²) < 4.78 is 0. The third-order valence-corrected chi connectivity index (χ3v) is 6.25. The van der Waals surface area contributed by atoms with Crippen LogP contribution in [0, 0.1) is 12.8 Å². The first-order valence-electron chi connectivity index (χ1n) is 9.85. The Hall–Kier alpha value is -1.59.